The zero-order chi connectivity index (χ0) is 24.8. The number of anilines is 4. The number of nitrogen functional groups attached to an aromatic ring is 1. The first-order valence-electron chi connectivity index (χ1n) is 10.7. The molecule has 0 saturated carbocycles. The van der Waals surface area contributed by atoms with Gasteiger partial charge in [-0.3, -0.25) is 24.2 Å². The van der Waals surface area contributed by atoms with Crippen LogP contribution >= 0.6 is 0 Å². The van der Waals surface area contributed by atoms with E-state index < -0.39 is 17.5 Å². The third kappa shape index (κ3) is 5.77. The largest absolute Gasteiger partial charge is 0.383 e. The Labute approximate surface area is 195 Å². The average Bonchev–Trinajstić information content (AvgIpc) is 2.79. The Morgan fingerprint density at radius 1 is 1.26 bits per heavy atom. The molecule has 2 atom stereocenters. The molecule has 0 radical (unpaired) electrons. The van der Waals surface area contributed by atoms with Crippen molar-refractivity contribution in [2.45, 2.75) is 38.8 Å². The number of nitrogens with two attached hydrogens (primary N) is 1. The summed E-state index contributed by atoms with van der Waals surface area (Å²) in [6.45, 7) is 3.48. The fourth-order valence-corrected chi connectivity index (χ4v) is 3.59. The van der Waals surface area contributed by atoms with Gasteiger partial charge in [-0.05, 0) is 44.5 Å². The van der Waals surface area contributed by atoms with Crippen LogP contribution in [-0.2, 0) is 14.4 Å². The summed E-state index contributed by atoms with van der Waals surface area (Å²) in [5.74, 6) is -0.484. The number of nitrogens with one attached hydrogen (secondary N) is 4. The Morgan fingerprint density at radius 3 is 2.59 bits per heavy atom. The van der Waals surface area contributed by atoms with Gasteiger partial charge in [0.25, 0.3) is 11.5 Å². The van der Waals surface area contributed by atoms with Gasteiger partial charge in [0.15, 0.2) is 17.3 Å². The number of benzene rings is 1. The van der Waals surface area contributed by atoms with Gasteiger partial charge in [0.1, 0.15) is 5.78 Å². The number of ketones is 2. The molecule has 1 aliphatic rings. The van der Waals surface area contributed by atoms with E-state index in [-0.39, 0.29) is 47.9 Å². The SMILES string of the molecule is CC(=O)CC[C@H](NC(=O)c1ccc(NCC2CNc3nc(N)[nH]c(=O)c3N2C=O)cc1)C(C)=O. The monoisotopic (exact) mass is 469 g/mol. The van der Waals surface area contributed by atoms with Crippen molar-refractivity contribution < 1.29 is 19.2 Å². The van der Waals surface area contributed by atoms with Crippen LogP contribution in [0, 0.1) is 0 Å². The number of H-pyrrole nitrogens is 1. The molecule has 6 N–H and O–H groups in total. The fraction of sp³-hybridized carbons (Fsp3) is 0.364. The van der Waals surface area contributed by atoms with Gasteiger partial charge in [-0.1, -0.05) is 0 Å². The molecule has 34 heavy (non-hydrogen) atoms. The molecule has 0 aliphatic carbocycles. The second-order valence-electron chi connectivity index (χ2n) is 8.03. The van der Waals surface area contributed by atoms with E-state index in [0.717, 1.165) is 0 Å². The first-order chi connectivity index (χ1) is 16.2. The number of Topliss-reactive ketones (excluding diaryl/α,β-unsaturated/α-hetero) is 2. The number of rotatable bonds is 10. The summed E-state index contributed by atoms with van der Waals surface area (Å²) < 4.78 is 0. The fourth-order valence-electron chi connectivity index (χ4n) is 3.59. The highest BCUT2D eigenvalue weighted by atomic mass is 16.2. The van der Waals surface area contributed by atoms with Crippen molar-refractivity contribution in [2.75, 3.05) is 34.4 Å². The lowest BCUT2D eigenvalue weighted by Crippen LogP contribution is -2.50. The highest BCUT2D eigenvalue weighted by Crippen LogP contribution is 2.25. The van der Waals surface area contributed by atoms with Gasteiger partial charge in [-0.15, -0.1) is 0 Å². The standard InChI is InChI=1S/C22H27N7O5/c1-12(31)3-8-17(13(2)32)26-20(33)14-4-6-15(7-5-14)24-9-16-10-25-19-18(29(16)11-30)21(34)28-22(23)27-19/h4-7,11,16-17,24H,3,8-10H2,1-2H3,(H,26,33)(H4,23,25,27,28,34)/t16?,17-/m0/s1. The summed E-state index contributed by atoms with van der Waals surface area (Å²) in [5, 5.41) is 8.85. The summed E-state index contributed by atoms with van der Waals surface area (Å²) in [5.41, 5.74) is 6.18. The molecule has 3 rings (SSSR count). The van der Waals surface area contributed by atoms with Crippen molar-refractivity contribution in [1.82, 2.24) is 15.3 Å². The molecular weight excluding hydrogens is 442 g/mol. The molecule has 12 nitrogen and oxygen atoms in total. The van der Waals surface area contributed by atoms with E-state index in [0.29, 0.717) is 30.8 Å². The Hall–Kier alpha value is -4.22. The quantitative estimate of drug-likeness (QED) is 0.305. The van der Waals surface area contributed by atoms with E-state index in [4.69, 9.17) is 5.73 Å². The molecule has 1 aromatic heterocycles. The number of hydrogen-bond acceptors (Lipinski definition) is 9. The first kappa shape index (κ1) is 24.4. The topological polar surface area (TPSA) is 179 Å². The molecule has 2 aromatic rings. The van der Waals surface area contributed by atoms with Crippen LogP contribution in [0.2, 0.25) is 0 Å². The number of nitrogens with zero attached hydrogens (tertiary/aromatic N) is 2. The van der Waals surface area contributed by atoms with Crippen LogP contribution in [0.5, 0.6) is 0 Å². The lowest BCUT2D eigenvalue weighted by atomic mass is 10.1. The minimum atomic E-state index is -0.724. The highest BCUT2D eigenvalue weighted by Gasteiger charge is 2.29. The van der Waals surface area contributed by atoms with Crippen LogP contribution in [0.15, 0.2) is 29.1 Å². The average molecular weight is 470 g/mol. The zero-order valence-corrected chi connectivity index (χ0v) is 18.9. The number of hydrogen-bond donors (Lipinski definition) is 5. The van der Waals surface area contributed by atoms with Crippen LogP contribution in [0.25, 0.3) is 0 Å². The van der Waals surface area contributed by atoms with Crippen molar-refractivity contribution >= 4 is 47.0 Å². The number of fused-ring (bicyclic) bond motifs is 1. The number of amides is 2. The number of aromatic amines is 1. The van der Waals surface area contributed by atoms with Crippen molar-refractivity contribution in [3.8, 4) is 0 Å². The maximum Gasteiger partial charge on any atom is 0.278 e. The molecule has 0 saturated heterocycles. The molecule has 1 unspecified atom stereocenters. The smallest absolute Gasteiger partial charge is 0.278 e. The minimum absolute atomic E-state index is 0.0451. The number of carbonyl (C=O) groups excluding carboxylic acids is 4. The lowest BCUT2D eigenvalue weighted by molar-refractivity contribution is -0.119. The summed E-state index contributed by atoms with van der Waals surface area (Å²) in [6.07, 6.45) is 1.04. The Balaban J connectivity index is 1.62. The molecule has 2 heterocycles. The maximum absolute atomic E-state index is 12.5. The molecule has 180 valence electrons. The van der Waals surface area contributed by atoms with E-state index in [1.54, 1.807) is 24.3 Å². The van der Waals surface area contributed by atoms with Crippen molar-refractivity contribution in [1.29, 1.82) is 0 Å². The number of aromatic nitrogens is 2. The molecule has 0 fully saturated rings. The van der Waals surface area contributed by atoms with Gasteiger partial charge in [-0.2, -0.15) is 4.98 Å². The van der Waals surface area contributed by atoms with Gasteiger partial charge in [0.2, 0.25) is 12.4 Å². The summed E-state index contributed by atoms with van der Waals surface area (Å²) in [4.78, 5) is 67.1. The van der Waals surface area contributed by atoms with E-state index in [1.807, 2.05) is 0 Å². The minimum Gasteiger partial charge on any atom is -0.383 e. The second kappa shape index (κ2) is 10.6. The van der Waals surface area contributed by atoms with E-state index >= 15 is 0 Å². The van der Waals surface area contributed by atoms with E-state index in [2.05, 4.69) is 25.9 Å². The Morgan fingerprint density at radius 2 is 1.97 bits per heavy atom. The van der Waals surface area contributed by atoms with E-state index in [1.165, 1.54) is 18.7 Å². The number of carbonyl (C=O) groups is 4. The molecule has 0 spiro atoms. The summed E-state index contributed by atoms with van der Waals surface area (Å²) >= 11 is 0. The third-order valence-electron chi connectivity index (χ3n) is 5.45. The molecule has 0 bridgehead atoms. The predicted octanol–water partition coefficient (Wildman–Crippen LogP) is 0.278. The van der Waals surface area contributed by atoms with Crippen LogP contribution in [0.3, 0.4) is 0 Å². The van der Waals surface area contributed by atoms with Gasteiger partial charge in [0.05, 0.1) is 12.1 Å². The van der Waals surface area contributed by atoms with Gasteiger partial charge < -0.3 is 31.4 Å². The van der Waals surface area contributed by atoms with Crippen LogP contribution in [0.4, 0.5) is 23.1 Å². The van der Waals surface area contributed by atoms with Crippen molar-refractivity contribution in [3.63, 3.8) is 0 Å². The third-order valence-corrected chi connectivity index (χ3v) is 5.45. The van der Waals surface area contributed by atoms with Crippen LogP contribution in [0.1, 0.15) is 37.0 Å². The van der Waals surface area contributed by atoms with Gasteiger partial charge >= 0.3 is 0 Å². The molecule has 2 amide bonds. The Bertz CT molecular complexity index is 1150. The van der Waals surface area contributed by atoms with Crippen molar-refractivity contribution in [3.05, 3.63) is 40.2 Å². The first-order valence-corrected chi connectivity index (χ1v) is 10.7. The normalized spacial score (nSPS) is 15.5. The van der Waals surface area contributed by atoms with Crippen LogP contribution in [-0.4, -0.2) is 59.0 Å². The molecule has 1 aliphatic heterocycles. The zero-order valence-electron chi connectivity index (χ0n) is 18.9. The summed E-state index contributed by atoms with van der Waals surface area (Å²) in [6, 6.07) is 5.48. The van der Waals surface area contributed by atoms with Crippen LogP contribution < -0.4 is 32.1 Å². The van der Waals surface area contributed by atoms with E-state index in [9.17, 15) is 24.0 Å². The summed E-state index contributed by atoms with van der Waals surface area (Å²) in [7, 11) is 0. The Kier molecular flexibility index (Phi) is 7.61. The van der Waals surface area contributed by atoms with Gasteiger partial charge in [-0.25, -0.2) is 0 Å². The maximum atomic E-state index is 12.5. The van der Waals surface area contributed by atoms with Gasteiger partial charge in [0, 0.05) is 30.8 Å². The van der Waals surface area contributed by atoms with Crippen molar-refractivity contribution in [2.24, 2.45) is 0 Å². The molecule has 1 aromatic carbocycles. The highest BCUT2D eigenvalue weighted by molar-refractivity contribution is 5.98. The molecular formula is C22H27N7O5. The predicted molar refractivity (Wildman–Crippen MR) is 127 cm³/mol. The second-order valence-corrected chi connectivity index (χ2v) is 8.03. The lowest BCUT2D eigenvalue weighted by Gasteiger charge is -2.34. The molecule has 12 heteroatoms.